The zero-order chi connectivity index (χ0) is 20.0. The molecule has 0 spiro atoms. The van der Waals surface area contributed by atoms with Crippen LogP contribution in [-0.2, 0) is 14.3 Å². The van der Waals surface area contributed by atoms with Gasteiger partial charge in [-0.2, -0.15) is 0 Å². The second kappa shape index (κ2) is 9.50. The van der Waals surface area contributed by atoms with Crippen LogP contribution in [0, 0.1) is 5.92 Å². The van der Waals surface area contributed by atoms with Gasteiger partial charge in [0.05, 0.1) is 5.92 Å². The van der Waals surface area contributed by atoms with Gasteiger partial charge in [-0.1, -0.05) is 15.9 Å². The summed E-state index contributed by atoms with van der Waals surface area (Å²) in [7, 11) is 1.38. The number of likely N-dealkylation sites (tertiary alicyclic amines) is 1. The van der Waals surface area contributed by atoms with Gasteiger partial charge < -0.3 is 15.0 Å². The number of urea groups is 1. The Balaban J connectivity index is 1.83. The number of nitrogens with zero attached hydrogens (tertiary/aromatic N) is 1. The zero-order valence-corrected chi connectivity index (χ0v) is 16.7. The van der Waals surface area contributed by atoms with Crippen LogP contribution in [0.2, 0.25) is 0 Å². The molecule has 1 atom stereocenters. The number of benzene rings is 1. The minimum atomic E-state index is -1.07. The third kappa shape index (κ3) is 5.78. The molecule has 1 fully saturated rings. The van der Waals surface area contributed by atoms with E-state index >= 15 is 0 Å². The number of piperidine rings is 1. The number of nitrogens with one attached hydrogen (secondary N) is 2. The van der Waals surface area contributed by atoms with Crippen LogP contribution in [0.4, 0.5) is 4.79 Å². The third-order valence-electron chi connectivity index (χ3n) is 4.33. The Bertz CT molecular complexity index is 714. The molecule has 0 saturated carbocycles. The van der Waals surface area contributed by atoms with Crippen molar-refractivity contribution in [1.29, 1.82) is 0 Å². The molecule has 1 aromatic carbocycles. The van der Waals surface area contributed by atoms with Crippen molar-refractivity contribution in [3.63, 3.8) is 0 Å². The van der Waals surface area contributed by atoms with Crippen molar-refractivity contribution in [2.45, 2.75) is 25.9 Å². The molecule has 0 unspecified atom stereocenters. The monoisotopic (exact) mass is 439 g/mol. The molecule has 0 radical (unpaired) electrons. The molecule has 4 amide bonds. The molecule has 1 aliphatic rings. The highest BCUT2D eigenvalue weighted by Crippen LogP contribution is 2.21. The first-order valence-corrected chi connectivity index (χ1v) is 9.39. The van der Waals surface area contributed by atoms with E-state index in [1.807, 2.05) is 12.1 Å². The Labute approximate surface area is 165 Å². The Kier molecular flexibility index (Phi) is 7.35. The van der Waals surface area contributed by atoms with Crippen molar-refractivity contribution in [2.75, 3.05) is 20.1 Å². The number of imide groups is 1. The molecular weight excluding hydrogens is 418 g/mol. The van der Waals surface area contributed by atoms with E-state index in [1.54, 1.807) is 17.0 Å². The number of hydrogen-bond donors (Lipinski definition) is 2. The molecule has 0 aliphatic carbocycles. The maximum absolute atomic E-state index is 12.5. The minimum absolute atomic E-state index is 0.0763. The third-order valence-corrected chi connectivity index (χ3v) is 4.86. The molecule has 2 N–H and O–H groups in total. The summed E-state index contributed by atoms with van der Waals surface area (Å²) < 4.78 is 6.05. The highest BCUT2D eigenvalue weighted by Gasteiger charge is 2.31. The molecule has 1 aliphatic heterocycles. The van der Waals surface area contributed by atoms with Crippen LogP contribution in [0.25, 0.3) is 0 Å². The van der Waals surface area contributed by atoms with E-state index in [2.05, 4.69) is 26.6 Å². The van der Waals surface area contributed by atoms with Crippen LogP contribution in [0.15, 0.2) is 28.7 Å². The minimum Gasteiger partial charge on any atom is -0.452 e. The van der Waals surface area contributed by atoms with Gasteiger partial charge in [0.25, 0.3) is 11.8 Å². The molecule has 8 nitrogen and oxygen atoms in total. The SMILES string of the molecule is CNC(=O)NC(=O)[C@H](C)OC(=O)C1CCN(C(=O)c2ccc(Br)cc2)CC1. The molecule has 0 bridgehead atoms. The lowest BCUT2D eigenvalue weighted by molar-refractivity contribution is -0.159. The molecular formula is C18H22BrN3O5. The lowest BCUT2D eigenvalue weighted by atomic mass is 9.96. The largest absolute Gasteiger partial charge is 0.452 e. The zero-order valence-electron chi connectivity index (χ0n) is 15.2. The first-order valence-electron chi connectivity index (χ1n) is 8.59. The number of hydrogen-bond acceptors (Lipinski definition) is 5. The highest BCUT2D eigenvalue weighted by atomic mass is 79.9. The summed E-state index contributed by atoms with van der Waals surface area (Å²) in [5, 5.41) is 4.31. The van der Waals surface area contributed by atoms with Crippen LogP contribution in [-0.4, -0.2) is 55.0 Å². The van der Waals surface area contributed by atoms with E-state index < -0.39 is 24.0 Å². The second-order valence-corrected chi connectivity index (χ2v) is 7.14. The van der Waals surface area contributed by atoms with E-state index in [4.69, 9.17) is 4.74 Å². The van der Waals surface area contributed by atoms with Gasteiger partial charge in [-0.15, -0.1) is 0 Å². The first-order chi connectivity index (χ1) is 12.8. The van der Waals surface area contributed by atoms with Crippen molar-refractivity contribution in [2.24, 2.45) is 5.92 Å². The molecule has 9 heteroatoms. The van der Waals surface area contributed by atoms with Gasteiger partial charge in [0.15, 0.2) is 6.10 Å². The summed E-state index contributed by atoms with van der Waals surface area (Å²) in [5.41, 5.74) is 0.596. The summed E-state index contributed by atoms with van der Waals surface area (Å²) in [4.78, 5) is 49.3. The average molecular weight is 440 g/mol. The number of carbonyl (C=O) groups excluding carboxylic acids is 4. The van der Waals surface area contributed by atoms with E-state index in [-0.39, 0.29) is 11.8 Å². The number of rotatable bonds is 4. The molecule has 2 rings (SSSR count). The highest BCUT2D eigenvalue weighted by molar-refractivity contribution is 9.10. The molecule has 27 heavy (non-hydrogen) atoms. The summed E-state index contributed by atoms with van der Waals surface area (Å²) >= 11 is 3.33. The maximum atomic E-state index is 12.5. The quantitative estimate of drug-likeness (QED) is 0.694. The fourth-order valence-electron chi connectivity index (χ4n) is 2.69. The number of amides is 4. The van der Waals surface area contributed by atoms with Gasteiger partial charge in [0.1, 0.15) is 0 Å². The predicted octanol–water partition coefficient (Wildman–Crippen LogP) is 1.69. The van der Waals surface area contributed by atoms with Crippen molar-refractivity contribution in [3.05, 3.63) is 34.3 Å². The van der Waals surface area contributed by atoms with Crippen LogP contribution >= 0.6 is 15.9 Å². The lowest BCUT2D eigenvalue weighted by Crippen LogP contribution is -2.45. The Morgan fingerprint density at radius 2 is 1.74 bits per heavy atom. The molecule has 146 valence electrons. The van der Waals surface area contributed by atoms with E-state index in [9.17, 15) is 19.2 Å². The smallest absolute Gasteiger partial charge is 0.321 e. The van der Waals surface area contributed by atoms with Gasteiger partial charge >= 0.3 is 12.0 Å². The van der Waals surface area contributed by atoms with Crippen molar-refractivity contribution in [1.82, 2.24) is 15.5 Å². The van der Waals surface area contributed by atoms with Gasteiger partial charge in [-0.25, -0.2) is 4.79 Å². The topological polar surface area (TPSA) is 105 Å². The van der Waals surface area contributed by atoms with Gasteiger partial charge in [0, 0.05) is 30.2 Å². The van der Waals surface area contributed by atoms with Gasteiger partial charge in [-0.05, 0) is 44.0 Å². The standard InChI is InChI=1S/C18H22BrN3O5/c1-11(15(23)21-18(26)20-2)27-17(25)13-7-9-22(10-8-13)16(24)12-3-5-14(19)6-4-12/h3-6,11,13H,7-10H2,1-2H3,(H2,20,21,23,26)/t11-/m0/s1. The lowest BCUT2D eigenvalue weighted by Gasteiger charge is -2.31. The molecule has 1 saturated heterocycles. The first kappa shape index (κ1) is 20.9. The fourth-order valence-corrected chi connectivity index (χ4v) is 2.96. The number of carbonyl (C=O) groups is 4. The molecule has 1 heterocycles. The Morgan fingerprint density at radius 1 is 1.15 bits per heavy atom. The normalized spacial score (nSPS) is 15.6. The second-order valence-electron chi connectivity index (χ2n) is 6.22. The predicted molar refractivity (Wildman–Crippen MR) is 101 cm³/mol. The Morgan fingerprint density at radius 3 is 2.30 bits per heavy atom. The van der Waals surface area contributed by atoms with Crippen LogP contribution < -0.4 is 10.6 Å². The van der Waals surface area contributed by atoms with E-state index in [0.717, 1.165) is 4.47 Å². The maximum Gasteiger partial charge on any atom is 0.321 e. The van der Waals surface area contributed by atoms with E-state index in [1.165, 1.54) is 14.0 Å². The van der Waals surface area contributed by atoms with Crippen molar-refractivity contribution in [3.8, 4) is 0 Å². The number of halogens is 1. The van der Waals surface area contributed by atoms with Crippen LogP contribution in [0.5, 0.6) is 0 Å². The van der Waals surface area contributed by atoms with Crippen molar-refractivity contribution < 1.29 is 23.9 Å². The van der Waals surface area contributed by atoms with Crippen LogP contribution in [0.3, 0.4) is 0 Å². The summed E-state index contributed by atoms with van der Waals surface area (Å²) in [6, 6.07) is 6.45. The summed E-state index contributed by atoms with van der Waals surface area (Å²) in [5.74, 6) is -1.64. The number of esters is 1. The molecule has 1 aromatic rings. The Hall–Kier alpha value is -2.42. The fraction of sp³-hybridized carbons (Fsp3) is 0.444. The summed E-state index contributed by atoms with van der Waals surface area (Å²) in [6.07, 6.45) is -0.146. The van der Waals surface area contributed by atoms with Crippen molar-refractivity contribution >= 4 is 39.7 Å². The molecule has 0 aromatic heterocycles. The van der Waals surface area contributed by atoms with E-state index in [0.29, 0.717) is 31.5 Å². The average Bonchev–Trinajstić information content (AvgIpc) is 2.67. The summed E-state index contributed by atoms with van der Waals surface area (Å²) in [6.45, 7) is 2.28. The van der Waals surface area contributed by atoms with Gasteiger partial charge in [0.2, 0.25) is 0 Å². The van der Waals surface area contributed by atoms with Crippen LogP contribution in [0.1, 0.15) is 30.1 Å². The van der Waals surface area contributed by atoms with Gasteiger partial charge in [-0.3, -0.25) is 19.7 Å². The number of ether oxygens (including phenoxy) is 1.